The van der Waals surface area contributed by atoms with Gasteiger partial charge in [-0.05, 0) is 39.3 Å². The van der Waals surface area contributed by atoms with Crippen LogP contribution in [-0.4, -0.2) is 35.7 Å². The Morgan fingerprint density at radius 1 is 1.44 bits per heavy atom. The number of nitrogens with zero attached hydrogens (tertiary/aromatic N) is 1. The highest BCUT2D eigenvalue weighted by atomic mass is 16.5. The van der Waals surface area contributed by atoms with Crippen molar-refractivity contribution in [2.75, 3.05) is 19.7 Å². The normalized spacial score (nSPS) is 22.1. The molecule has 1 N–H and O–H groups in total. The monoisotopic (exact) mass is 249 g/mol. The first-order valence-electron chi connectivity index (χ1n) is 6.86. The predicted octanol–water partition coefficient (Wildman–Crippen LogP) is 2.60. The lowest BCUT2D eigenvalue weighted by molar-refractivity contribution is 0.107. The third-order valence-corrected chi connectivity index (χ3v) is 3.68. The lowest BCUT2D eigenvalue weighted by Crippen LogP contribution is -2.31. The quantitative estimate of drug-likeness (QED) is 0.870. The summed E-state index contributed by atoms with van der Waals surface area (Å²) in [5, 5.41) is 10.4. The van der Waals surface area contributed by atoms with Gasteiger partial charge in [0.15, 0.2) is 0 Å². The van der Waals surface area contributed by atoms with Crippen molar-refractivity contribution in [1.29, 1.82) is 0 Å². The summed E-state index contributed by atoms with van der Waals surface area (Å²) < 4.78 is 5.57. The molecule has 0 saturated carbocycles. The second kappa shape index (κ2) is 6.21. The van der Waals surface area contributed by atoms with Gasteiger partial charge in [-0.15, -0.1) is 0 Å². The number of β-amino-alcohol motifs (C(OH)–C–C–N with tert-alkyl or cyclic N) is 1. The van der Waals surface area contributed by atoms with E-state index in [2.05, 4.69) is 11.8 Å². The van der Waals surface area contributed by atoms with Gasteiger partial charge in [-0.3, -0.25) is 4.90 Å². The molecular weight excluding hydrogens is 226 g/mol. The molecular formula is C15H23NO2. The number of aliphatic hydroxyl groups is 1. The summed E-state index contributed by atoms with van der Waals surface area (Å²) in [6.07, 6.45) is 2.01. The average Bonchev–Trinajstić information content (AvgIpc) is 2.76. The van der Waals surface area contributed by atoms with Gasteiger partial charge in [0.2, 0.25) is 0 Å². The van der Waals surface area contributed by atoms with Crippen LogP contribution in [-0.2, 0) is 0 Å². The maximum Gasteiger partial charge on any atom is 0.125 e. The summed E-state index contributed by atoms with van der Waals surface area (Å²) in [6, 6.07) is 8.36. The maximum atomic E-state index is 10.4. The molecule has 2 unspecified atom stereocenters. The molecule has 1 aliphatic rings. The van der Waals surface area contributed by atoms with Gasteiger partial charge in [0.25, 0.3) is 0 Å². The van der Waals surface area contributed by atoms with E-state index in [4.69, 9.17) is 4.74 Å². The number of hydrogen-bond acceptors (Lipinski definition) is 3. The van der Waals surface area contributed by atoms with Crippen molar-refractivity contribution in [2.24, 2.45) is 0 Å². The van der Waals surface area contributed by atoms with E-state index in [0.29, 0.717) is 19.2 Å². The van der Waals surface area contributed by atoms with E-state index >= 15 is 0 Å². The third-order valence-electron chi connectivity index (χ3n) is 3.68. The fourth-order valence-corrected chi connectivity index (χ4v) is 2.63. The molecule has 0 spiro atoms. The molecule has 1 aromatic carbocycles. The van der Waals surface area contributed by atoms with E-state index < -0.39 is 6.10 Å². The number of ether oxygens (including phenoxy) is 1. The number of aliphatic hydroxyl groups excluding tert-OH is 1. The molecule has 18 heavy (non-hydrogen) atoms. The number of rotatable bonds is 5. The zero-order chi connectivity index (χ0) is 13.0. The van der Waals surface area contributed by atoms with E-state index in [1.165, 1.54) is 12.8 Å². The van der Waals surface area contributed by atoms with Gasteiger partial charge in [0.1, 0.15) is 5.75 Å². The molecule has 1 saturated heterocycles. The van der Waals surface area contributed by atoms with Crippen molar-refractivity contribution in [1.82, 2.24) is 4.90 Å². The summed E-state index contributed by atoms with van der Waals surface area (Å²) in [6.45, 7) is 6.62. The fourth-order valence-electron chi connectivity index (χ4n) is 2.63. The van der Waals surface area contributed by atoms with E-state index in [1.54, 1.807) is 0 Å². The largest absolute Gasteiger partial charge is 0.493 e. The topological polar surface area (TPSA) is 32.7 Å². The molecule has 100 valence electrons. The van der Waals surface area contributed by atoms with Crippen LogP contribution in [0.5, 0.6) is 5.75 Å². The van der Waals surface area contributed by atoms with E-state index in [-0.39, 0.29) is 0 Å². The standard InChI is InChI=1S/C15H23NO2/c1-3-18-15-9-5-4-8-13(15)14(17)11-16-10-6-7-12(16)2/h4-5,8-9,12,14,17H,3,6-7,10-11H2,1-2H3. The van der Waals surface area contributed by atoms with Crippen molar-refractivity contribution in [3.63, 3.8) is 0 Å². The van der Waals surface area contributed by atoms with Crippen molar-refractivity contribution in [2.45, 2.75) is 38.8 Å². The van der Waals surface area contributed by atoms with E-state index in [1.807, 2.05) is 31.2 Å². The summed E-state index contributed by atoms with van der Waals surface area (Å²) in [5.74, 6) is 0.805. The van der Waals surface area contributed by atoms with Crippen LogP contribution in [0.3, 0.4) is 0 Å². The van der Waals surface area contributed by atoms with Crippen molar-refractivity contribution >= 4 is 0 Å². The van der Waals surface area contributed by atoms with E-state index in [0.717, 1.165) is 17.9 Å². The van der Waals surface area contributed by atoms with Crippen LogP contribution in [0.15, 0.2) is 24.3 Å². The Labute approximate surface area is 109 Å². The Bertz CT molecular complexity index is 381. The maximum absolute atomic E-state index is 10.4. The van der Waals surface area contributed by atoms with Gasteiger partial charge in [-0.25, -0.2) is 0 Å². The molecule has 1 heterocycles. The van der Waals surface area contributed by atoms with Crippen LogP contribution >= 0.6 is 0 Å². The summed E-state index contributed by atoms with van der Waals surface area (Å²) in [7, 11) is 0. The molecule has 0 aliphatic carbocycles. The average molecular weight is 249 g/mol. The van der Waals surface area contributed by atoms with E-state index in [9.17, 15) is 5.11 Å². The van der Waals surface area contributed by atoms with Crippen molar-refractivity contribution in [3.8, 4) is 5.75 Å². The van der Waals surface area contributed by atoms with Crippen LogP contribution in [0.25, 0.3) is 0 Å². The molecule has 3 nitrogen and oxygen atoms in total. The molecule has 1 fully saturated rings. The number of benzene rings is 1. The number of para-hydroxylation sites is 1. The number of likely N-dealkylation sites (tertiary alicyclic amines) is 1. The minimum Gasteiger partial charge on any atom is -0.493 e. The summed E-state index contributed by atoms with van der Waals surface area (Å²) >= 11 is 0. The molecule has 3 heteroatoms. The SMILES string of the molecule is CCOc1ccccc1C(O)CN1CCCC1C. The Balaban J connectivity index is 2.05. The van der Waals surface area contributed by atoms with Gasteiger partial charge in [-0.2, -0.15) is 0 Å². The highest BCUT2D eigenvalue weighted by Crippen LogP contribution is 2.27. The molecule has 0 aromatic heterocycles. The molecule has 1 aromatic rings. The minimum absolute atomic E-state index is 0.465. The van der Waals surface area contributed by atoms with Gasteiger partial charge < -0.3 is 9.84 Å². The van der Waals surface area contributed by atoms with Crippen LogP contribution in [0.4, 0.5) is 0 Å². The van der Waals surface area contributed by atoms with Gasteiger partial charge in [0.05, 0.1) is 12.7 Å². The zero-order valence-corrected chi connectivity index (χ0v) is 11.3. The first-order valence-corrected chi connectivity index (χ1v) is 6.86. The third kappa shape index (κ3) is 3.03. The second-order valence-corrected chi connectivity index (χ2v) is 4.97. The Kier molecular flexibility index (Phi) is 4.61. The first-order chi connectivity index (χ1) is 8.72. The highest BCUT2D eigenvalue weighted by molar-refractivity contribution is 5.35. The van der Waals surface area contributed by atoms with Crippen LogP contribution in [0.1, 0.15) is 38.4 Å². The van der Waals surface area contributed by atoms with Crippen molar-refractivity contribution in [3.05, 3.63) is 29.8 Å². The molecule has 0 radical (unpaired) electrons. The zero-order valence-electron chi connectivity index (χ0n) is 11.3. The molecule has 2 rings (SSSR count). The number of hydrogen-bond donors (Lipinski definition) is 1. The van der Waals surface area contributed by atoms with Gasteiger partial charge in [0, 0.05) is 18.2 Å². The van der Waals surface area contributed by atoms with Gasteiger partial charge >= 0.3 is 0 Å². The fraction of sp³-hybridized carbons (Fsp3) is 0.600. The summed E-state index contributed by atoms with van der Waals surface area (Å²) in [4.78, 5) is 2.35. The first kappa shape index (κ1) is 13.4. The predicted molar refractivity (Wildman–Crippen MR) is 72.8 cm³/mol. The Morgan fingerprint density at radius 3 is 2.89 bits per heavy atom. The van der Waals surface area contributed by atoms with Gasteiger partial charge in [-0.1, -0.05) is 18.2 Å². The lowest BCUT2D eigenvalue weighted by atomic mass is 10.1. The molecule has 0 amide bonds. The van der Waals surface area contributed by atoms with Crippen LogP contribution < -0.4 is 4.74 Å². The van der Waals surface area contributed by atoms with Crippen LogP contribution in [0, 0.1) is 0 Å². The van der Waals surface area contributed by atoms with Crippen LogP contribution in [0.2, 0.25) is 0 Å². The molecule has 1 aliphatic heterocycles. The Hall–Kier alpha value is -1.06. The second-order valence-electron chi connectivity index (χ2n) is 4.97. The summed E-state index contributed by atoms with van der Waals surface area (Å²) in [5.41, 5.74) is 0.901. The minimum atomic E-state index is -0.465. The lowest BCUT2D eigenvalue weighted by Gasteiger charge is -2.25. The Morgan fingerprint density at radius 2 is 2.22 bits per heavy atom. The molecule has 2 atom stereocenters. The van der Waals surface area contributed by atoms with Crippen molar-refractivity contribution < 1.29 is 9.84 Å². The smallest absolute Gasteiger partial charge is 0.125 e. The highest BCUT2D eigenvalue weighted by Gasteiger charge is 2.24. The molecule has 0 bridgehead atoms.